The average molecular weight is 329 g/mol. The van der Waals surface area contributed by atoms with Crippen molar-refractivity contribution in [1.29, 1.82) is 5.26 Å². The third-order valence-electron chi connectivity index (χ3n) is 3.48. The van der Waals surface area contributed by atoms with Gasteiger partial charge in [0.1, 0.15) is 0 Å². The van der Waals surface area contributed by atoms with E-state index in [4.69, 9.17) is 0 Å². The van der Waals surface area contributed by atoms with Crippen LogP contribution in [0.3, 0.4) is 0 Å². The number of carbonyl (C=O) groups is 2. The van der Waals surface area contributed by atoms with E-state index in [0.29, 0.717) is 17.1 Å². The van der Waals surface area contributed by atoms with Crippen LogP contribution in [0.2, 0.25) is 0 Å². The molecule has 0 saturated carbocycles. The van der Waals surface area contributed by atoms with Crippen LogP contribution in [0, 0.1) is 11.3 Å². The number of thioether (sulfide) groups is 1. The van der Waals surface area contributed by atoms with Crippen LogP contribution >= 0.6 is 11.8 Å². The Morgan fingerprint density at radius 1 is 1.43 bits per heavy atom. The summed E-state index contributed by atoms with van der Waals surface area (Å²) in [6, 6.07) is 11.7. The van der Waals surface area contributed by atoms with Crippen molar-refractivity contribution in [3.63, 3.8) is 0 Å². The third-order valence-corrected chi connectivity index (χ3v) is 4.49. The lowest BCUT2D eigenvalue weighted by Crippen LogP contribution is -2.32. The molecule has 0 spiro atoms. The number of nitrogens with one attached hydrogen (secondary N) is 2. The molecule has 0 aliphatic carbocycles. The van der Waals surface area contributed by atoms with E-state index in [1.807, 2.05) is 37.3 Å². The quantitative estimate of drug-likeness (QED) is 0.839. The van der Waals surface area contributed by atoms with Crippen molar-refractivity contribution in [2.75, 3.05) is 12.3 Å². The van der Waals surface area contributed by atoms with E-state index >= 15 is 0 Å². The van der Waals surface area contributed by atoms with E-state index in [-0.39, 0.29) is 29.9 Å². The first-order valence-corrected chi connectivity index (χ1v) is 8.52. The molecule has 0 radical (unpaired) electrons. The average Bonchev–Trinajstić information content (AvgIpc) is 2.58. The van der Waals surface area contributed by atoms with Gasteiger partial charge in [-0.3, -0.25) is 9.59 Å². The van der Waals surface area contributed by atoms with Gasteiger partial charge in [-0.1, -0.05) is 49.0 Å². The highest BCUT2D eigenvalue weighted by Gasteiger charge is 2.29. The van der Waals surface area contributed by atoms with Crippen molar-refractivity contribution in [2.45, 2.75) is 25.7 Å². The van der Waals surface area contributed by atoms with Crippen LogP contribution in [0.25, 0.3) is 0 Å². The van der Waals surface area contributed by atoms with Crippen molar-refractivity contribution in [3.05, 3.63) is 46.5 Å². The summed E-state index contributed by atoms with van der Waals surface area (Å²) in [5.41, 5.74) is 1.46. The molecule has 1 aromatic carbocycles. The lowest BCUT2D eigenvalue weighted by Gasteiger charge is -2.25. The van der Waals surface area contributed by atoms with Crippen molar-refractivity contribution < 1.29 is 9.59 Å². The molecule has 2 N–H and O–H groups in total. The summed E-state index contributed by atoms with van der Waals surface area (Å²) in [6.07, 6.45) is 1.12. The van der Waals surface area contributed by atoms with Crippen LogP contribution in [0.4, 0.5) is 0 Å². The summed E-state index contributed by atoms with van der Waals surface area (Å²) in [5, 5.41) is 15.5. The van der Waals surface area contributed by atoms with Crippen LogP contribution in [0.5, 0.6) is 0 Å². The van der Waals surface area contributed by atoms with Gasteiger partial charge in [-0.2, -0.15) is 5.26 Å². The maximum Gasteiger partial charge on any atom is 0.230 e. The second-order valence-corrected chi connectivity index (χ2v) is 6.19. The van der Waals surface area contributed by atoms with Crippen molar-refractivity contribution in [2.24, 2.45) is 0 Å². The van der Waals surface area contributed by atoms with Gasteiger partial charge in [0.05, 0.1) is 22.4 Å². The highest BCUT2D eigenvalue weighted by Crippen LogP contribution is 2.35. The summed E-state index contributed by atoms with van der Waals surface area (Å²) in [4.78, 5) is 23.7. The standard InChI is InChI=1S/C17H19N3O2S/c1-2-8-19-16(22)11-23-17-14(10-18)13(9-15(21)20-17)12-6-4-3-5-7-12/h3-7,13H,2,8-9,11H2,1H3,(H,19,22)(H,20,21)/t13-/m0/s1. The number of nitriles is 1. The summed E-state index contributed by atoms with van der Waals surface area (Å²) >= 11 is 1.20. The van der Waals surface area contributed by atoms with E-state index in [1.165, 1.54) is 11.8 Å². The monoisotopic (exact) mass is 329 g/mol. The third kappa shape index (κ3) is 4.60. The molecule has 6 heteroatoms. The predicted molar refractivity (Wildman–Crippen MR) is 90.3 cm³/mol. The maximum absolute atomic E-state index is 12.0. The van der Waals surface area contributed by atoms with Gasteiger partial charge in [0.2, 0.25) is 11.8 Å². The van der Waals surface area contributed by atoms with Gasteiger partial charge in [-0.05, 0) is 12.0 Å². The highest BCUT2D eigenvalue weighted by atomic mass is 32.2. The number of benzene rings is 1. The van der Waals surface area contributed by atoms with Crippen LogP contribution in [0.1, 0.15) is 31.2 Å². The Hall–Kier alpha value is -2.26. The zero-order valence-electron chi connectivity index (χ0n) is 13.0. The van der Waals surface area contributed by atoms with Crippen LogP contribution in [-0.2, 0) is 9.59 Å². The Morgan fingerprint density at radius 3 is 2.83 bits per heavy atom. The summed E-state index contributed by atoms with van der Waals surface area (Å²) < 4.78 is 0. The molecule has 1 aliphatic heterocycles. The van der Waals surface area contributed by atoms with Gasteiger partial charge in [0, 0.05) is 18.9 Å². The zero-order valence-corrected chi connectivity index (χ0v) is 13.8. The molecule has 0 saturated heterocycles. The largest absolute Gasteiger partial charge is 0.355 e. The first kappa shape index (κ1) is 17.1. The van der Waals surface area contributed by atoms with Crippen molar-refractivity contribution in [3.8, 4) is 6.07 Å². The van der Waals surface area contributed by atoms with Gasteiger partial charge in [-0.15, -0.1) is 0 Å². The zero-order chi connectivity index (χ0) is 16.7. The van der Waals surface area contributed by atoms with E-state index in [2.05, 4.69) is 16.7 Å². The lowest BCUT2D eigenvalue weighted by atomic mass is 9.87. The summed E-state index contributed by atoms with van der Waals surface area (Å²) in [6.45, 7) is 2.61. The first-order valence-electron chi connectivity index (χ1n) is 7.54. The number of hydrogen-bond donors (Lipinski definition) is 2. The molecule has 2 rings (SSSR count). The molecule has 1 heterocycles. The molecular weight excluding hydrogens is 310 g/mol. The molecule has 0 fully saturated rings. The minimum atomic E-state index is -0.254. The molecule has 1 aromatic rings. The molecule has 5 nitrogen and oxygen atoms in total. The fourth-order valence-corrected chi connectivity index (χ4v) is 3.26. The van der Waals surface area contributed by atoms with E-state index in [9.17, 15) is 14.9 Å². The van der Waals surface area contributed by atoms with E-state index in [0.717, 1.165) is 12.0 Å². The SMILES string of the molecule is CCCNC(=O)CSC1=C(C#N)[C@H](c2ccccc2)CC(=O)N1. The van der Waals surface area contributed by atoms with Gasteiger partial charge in [-0.25, -0.2) is 0 Å². The van der Waals surface area contributed by atoms with Crippen LogP contribution in [0.15, 0.2) is 40.9 Å². The minimum absolute atomic E-state index is 0.0993. The first-order chi connectivity index (χ1) is 11.2. The Morgan fingerprint density at radius 2 is 2.17 bits per heavy atom. The fraction of sp³-hybridized carbons (Fsp3) is 0.353. The summed E-state index contributed by atoms with van der Waals surface area (Å²) in [7, 11) is 0. The van der Waals surface area contributed by atoms with Gasteiger partial charge in [0.15, 0.2) is 0 Å². The second-order valence-electron chi connectivity index (χ2n) is 5.21. The fourth-order valence-electron chi connectivity index (χ4n) is 2.36. The molecule has 1 atom stereocenters. The molecule has 23 heavy (non-hydrogen) atoms. The molecule has 0 aromatic heterocycles. The van der Waals surface area contributed by atoms with Crippen molar-refractivity contribution >= 4 is 23.6 Å². The Kier molecular flexibility index (Phi) is 6.24. The molecule has 0 bridgehead atoms. The number of nitrogens with zero attached hydrogens (tertiary/aromatic N) is 1. The smallest absolute Gasteiger partial charge is 0.230 e. The van der Waals surface area contributed by atoms with Crippen LogP contribution in [-0.4, -0.2) is 24.1 Å². The lowest BCUT2D eigenvalue weighted by molar-refractivity contribution is -0.121. The minimum Gasteiger partial charge on any atom is -0.355 e. The topological polar surface area (TPSA) is 82.0 Å². The number of hydrogen-bond acceptors (Lipinski definition) is 4. The van der Waals surface area contributed by atoms with Gasteiger partial charge >= 0.3 is 0 Å². The maximum atomic E-state index is 12.0. The van der Waals surface area contributed by atoms with E-state index < -0.39 is 0 Å². The van der Waals surface area contributed by atoms with Crippen molar-refractivity contribution in [1.82, 2.24) is 10.6 Å². The number of allylic oxidation sites excluding steroid dienone is 1. The highest BCUT2D eigenvalue weighted by molar-refractivity contribution is 8.03. The van der Waals surface area contributed by atoms with Gasteiger partial charge < -0.3 is 10.6 Å². The Labute approximate surface area is 140 Å². The second kappa shape index (κ2) is 8.39. The summed E-state index contributed by atoms with van der Waals surface area (Å²) in [5.74, 6) is -0.300. The van der Waals surface area contributed by atoms with Gasteiger partial charge in [0.25, 0.3) is 0 Å². The number of carbonyl (C=O) groups excluding carboxylic acids is 2. The Balaban J connectivity index is 2.17. The number of rotatable bonds is 6. The molecule has 2 amide bonds. The molecular formula is C17H19N3O2S. The normalized spacial score (nSPS) is 17.4. The number of amides is 2. The molecule has 0 unspecified atom stereocenters. The predicted octanol–water partition coefficient (Wildman–Crippen LogP) is 2.28. The Bertz CT molecular complexity index is 650. The van der Waals surface area contributed by atoms with E-state index in [1.54, 1.807) is 0 Å². The van der Waals surface area contributed by atoms with Crippen LogP contribution < -0.4 is 10.6 Å². The molecule has 120 valence electrons. The molecule has 1 aliphatic rings.